The van der Waals surface area contributed by atoms with Gasteiger partial charge in [-0.3, -0.25) is 4.79 Å². The van der Waals surface area contributed by atoms with Crippen LogP contribution in [0.2, 0.25) is 0 Å². The van der Waals surface area contributed by atoms with E-state index >= 15 is 0 Å². The number of para-hydroxylation sites is 1. The SMILES string of the molecule is C=CC(=O)N1CCC[C@@H](n2nc(-c3ccc(Oc4c(F)cccc4F)cc3)c3cncnc32)C1. The summed E-state index contributed by atoms with van der Waals surface area (Å²) in [4.78, 5) is 22.5. The van der Waals surface area contributed by atoms with Crippen LogP contribution in [-0.2, 0) is 4.79 Å². The number of ether oxygens (including phenoxy) is 1. The Hall–Kier alpha value is -4.14. The van der Waals surface area contributed by atoms with Gasteiger partial charge >= 0.3 is 0 Å². The predicted molar refractivity (Wildman–Crippen MR) is 122 cm³/mol. The first kappa shape index (κ1) is 21.7. The van der Waals surface area contributed by atoms with Crippen molar-refractivity contribution in [3.8, 4) is 22.8 Å². The minimum absolute atomic E-state index is 0.0320. The van der Waals surface area contributed by atoms with Crippen molar-refractivity contribution in [1.82, 2.24) is 24.6 Å². The van der Waals surface area contributed by atoms with Crippen LogP contribution in [0.15, 0.2) is 67.6 Å². The Morgan fingerprint density at radius 2 is 1.91 bits per heavy atom. The summed E-state index contributed by atoms with van der Waals surface area (Å²) in [5.74, 6) is -1.81. The number of hydrogen-bond acceptors (Lipinski definition) is 5. The zero-order valence-electron chi connectivity index (χ0n) is 18.2. The Morgan fingerprint density at radius 1 is 1.15 bits per heavy atom. The van der Waals surface area contributed by atoms with Crippen LogP contribution in [0, 0.1) is 11.6 Å². The van der Waals surface area contributed by atoms with Gasteiger partial charge in [0.05, 0.1) is 11.4 Å². The second-order valence-corrected chi connectivity index (χ2v) is 8.01. The van der Waals surface area contributed by atoms with Gasteiger partial charge in [0.1, 0.15) is 17.8 Å². The summed E-state index contributed by atoms with van der Waals surface area (Å²) in [6.07, 6.45) is 6.22. The van der Waals surface area contributed by atoms with Crippen molar-refractivity contribution >= 4 is 16.9 Å². The summed E-state index contributed by atoms with van der Waals surface area (Å²) in [5, 5.41) is 5.60. The minimum Gasteiger partial charge on any atom is -0.451 e. The van der Waals surface area contributed by atoms with Gasteiger partial charge in [-0.05, 0) is 55.3 Å². The first-order valence-electron chi connectivity index (χ1n) is 10.9. The second-order valence-electron chi connectivity index (χ2n) is 8.01. The fourth-order valence-corrected chi connectivity index (χ4v) is 4.21. The van der Waals surface area contributed by atoms with Crippen LogP contribution in [0.1, 0.15) is 18.9 Å². The van der Waals surface area contributed by atoms with Crippen molar-refractivity contribution in [2.45, 2.75) is 18.9 Å². The number of nitrogens with zero attached hydrogens (tertiary/aromatic N) is 5. The third kappa shape index (κ3) is 4.00. The van der Waals surface area contributed by atoms with Crippen molar-refractivity contribution in [2.24, 2.45) is 0 Å². The molecule has 0 spiro atoms. The molecule has 7 nitrogen and oxygen atoms in total. The Balaban J connectivity index is 1.46. The van der Waals surface area contributed by atoms with E-state index in [1.165, 1.54) is 18.5 Å². The number of piperidine rings is 1. The molecule has 34 heavy (non-hydrogen) atoms. The summed E-state index contributed by atoms with van der Waals surface area (Å²) in [5.41, 5.74) is 2.12. The van der Waals surface area contributed by atoms with Gasteiger partial charge in [0.2, 0.25) is 5.91 Å². The number of likely N-dealkylation sites (tertiary alicyclic amines) is 1. The normalized spacial score (nSPS) is 15.9. The average molecular weight is 461 g/mol. The summed E-state index contributed by atoms with van der Waals surface area (Å²) >= 11 is 0. The molecule has 0 aliphatic carbocycles. The van der Waals surface area contributed by atoms with Gasteiger partial charge < -0.3 is 9.64 Å². The van der Waals surface area contributed by atoms with E-state index in [0.29, 0.717) is 30.2 Å². The third-order valence-corrected chi connectivity index (χ3v) is 5.87. The van der Waals surface area contributed by atoms with Crippen LogP contribution in [0.5, 0.6) is 11.5 Å². The molecule has 1 aliphatic rings. The van der Waals surface area contributed by atoms with E-state index in [4.69, 9.17) is 9.84 Å². The number of fused-ring (bicyclic) bond motifs is 1. The van der Waals surface area contributed by atoms with Gasteiger partial charge in [-0.1, -0.05) is 12.6 Å². The van der Waals surface area contributed by atoms with E-state index in [1.807, 2.05) is 4.68 Å². The molecule has 1 amide bonds. The average Bonchev–Trinajstić information content (AvgIpc) is 3.26. The highest BCUT2D eigenvalue weighted by Crippen LogP contribution is 2.33. The van der Waals surface area contributed by atoms with Crippen molar-refractivity contribution in [3.05, 3.63) is 79.3 Å². The maximum Gasteiger partial charge on any atom is 0.246 e. The molecule has 0 unspecified atom stereocenters. The van der Waals surface area contributed by atoms with Crippen LogP contribution < -0.4 is 4.74 Å². The van der Waals surface area contributed by atoms with E-state index in [2.05, 4.69) is 16.5 Å². The standard InChI is InChI=1S/C25H21F2N5O2/c1-2-22(33)31-12-4-5-17(14-31)32-25-19(13-28-15-29-25)23(30-32)16-8-10-18(11-9-16)34-24-20(26)6-3-7-21(24)27/h2-3,6-11,13,15,17H,1,4-5,12,14H2/t17-/m1/s1. The molecule has 1 saturated heterocycles. The third-order valence-electron chi connectivity index (χ3n) is 5.87. The molecule has 2 aromatic heterocycles. The largest absolute Gasteiger partial charge is 0.451 e. The lowest BCUT2D eigenvalue weighted by atomic mass is 10.1. The number of rotatable bonds is 5. The maximum absolute atomic E-state index is 13.9. The van der Waals surface area contributed by atoms with E-state index in [1.54, 1.807) is 35.4 Å². The lowest BCUT2D eigenvalue weighted by molar-refractivity contribution is -0.127. The highest BCUT2D eigenvalue weighted by Gasteiger charge is 2.27. The van der Waals surface area contributed by atoms with E-state index in [-0.39, 0.29) is 11.9 Å². The van der Waals surface area contributed by atoms with Crippen molar-refractivity contribution in [3.63, 3.8) is 0 Å². The zero-order valence-corrected chi connectivity index (χ0v) is 18.2. The molecular weight excluding hydrogens is 440 g/mol. The van der Waals surface area contributed by atoms with Gasteiger partial charge in [-0.15, -0.1) is 0 Å². The molecule has 9 heteroatoms. The lowest BCUT2D eigenvalue weighted by Gasteiger charge is -2.32. The van der Waals surface area contributed by atoms with Gasteiger partial charge in [0, 0.05) is 24.8 Å². The van der Waals surface area contributed by atoms with Crippen LogP contribution in [0.25, 0.3) is 22.3 Å². The Morgan fingerprint density at radius 3 is 2.65 bits per heavy atom. The number of hydrogen-bond donors (Lipinski definition) is 0. The number of carbonyl (C=O) groups is 1. The van der Waals surface area contributed by atoms with E-state index < -0.39 is 17.4 Å². The number of aromatic nitrogens is 4. The Kier molecular flexibility index (Phi) is 5.75. The monoisotopic (exact) mass is 461 g/mol. The molecule has 0 N–H and O–H groups in total. The van der Waals surface area contributed by atoms with Gasteiger partial charge in [-0.25, -0.2) is 23.4 Å². The van der Waals surface area contributed by atoms with Crippen LogP contribution in [-0.4, -0.2) is 43.6 Å². The van der Waals surface area contributed by atoms with Crippen molar-refractivity contribution in [2.75, 3.05) is 13.1 Å². The first-order chi connectivity index (χ1) is 16.5. The summed E-state index contributed by atoms with van der Waals surface area (Å²) < 4.78 is 35.1. The van der Waals surface area contributed by atoms with Crippen LogP contribution in [0.3, 0.4) is 0 Å². The summed E-state index contributed by atoms with van der Waals surface area (Å²) in [6.45, 7) is 4.79. The maximum atomic E-state index is 13.9. The Labute approximate surface area is 194 Å². The number of halogens is 2. The van der Waals surface area contributed by atoms with E-state index in [0.717, 1.165) is 35.9 Å². The molecule has 3 heterocycles. The molecule has 172 valence electrons. The summed E-state index contributed by atoms with van der Waals surface area (Å²) in [6, 6.07) is 10.3. The highest BCUT2D eigenvalue weighted by atomic mass is 19.1. The zero-order chi connectivity index (χ0) is 23.7. The van der Waals surface area contributed by atoms with Crippen LogP contribution in [0.4, 0.5) is 8.78 Å². The summed E-state index contributed by atoms with van der Waals surface area (Å²) in [7, 11) is 0. The van der Waals surface area contributed by atoms with Crippen LogP contribution >= 0.6 is 0 Å². The molecule has 0 saturated carbocycles. The molecule has 1 aliphatic heterocycles. The number of benzene rings is 2. The topological polar surface area (TPSA) is 73.1 Å². The van der Waals surface area contributed by atoms with Gasteiger partial charge in [0.25, 0.3) is 0 Å². The smallest absolute Gasteiger partial charge is 0.246 e. The quantitative estimate of drug-likeness (QED) is 0.395. The minimum atomic E-state index is -0.776. The molecule has 4 aromatic rings. The molecule has 2 aromatic carbocycles. The fourth-order valence-electron chi connectivity index (χ4n) is 4.21. The lowest BCUT2D eigenvalue weighted by Crippen LogP contribution is -2.40. The molecule has 0 bridgehead atoms. The molecule has 0 radical (unpaired) electrons. The Bertz CT molecular complexity index is 1350. The molecule has 1 fully saturated rings. The highest BCUT2D eigenvalue weighted by molar-refractivity contribution is 5.90. The number of carbonyl (C=O) groups excluding carboxylic acids is 1. The van der Waals surface area contributed by atoms with Crippen molar-refractivity contribution < 1.29 is 18.3 Å². The first-order valence-corrected chi connectivity index (χ1v) is 10.9. The number of amides is 1. The van der Waals surface area contributed by atoms with Gasteiger partial charge in [0.15, 0.2) is 23.0 Å². The van der Waals surface area contributed by atoms with Gasteiger partial charge in [-0.2, -0.15) is 5.10 Å². The predicted octanol–water partition coefficient (Wildman–Crippen LogP) is 4.91. The fraction of sp³-hybridized carbons (Fsp3) is 0.200. The molecular formula is C25H21F2N5O2. The molecule has 1 atom stereocenters. The molecule has 5 rings (SSSR count). The second kappa shape index (κ2) is 9.01. The van der Waals surface area contributed by atoms with Crippen molar-refractivity contribution in [1.29, 1.82) is 0 Å². The van der Waals surface area contributed by atoms with E-state index in [9.17, 15) is 13.6 Å².